The lowest BCUT2D eigenvalue weighted by Crippen LogP contribution is -2.27. The van der Waals surface area contributed by atoms with E-state index in [2.05, 4.69) is 26.1 Å². The second-order valence-electron chi connectivity index (χ2n) is 4.22. The number of rotatable bonds is 6. The molecule has 0 aromatic heterocycles. The zero-order valence-electron chi connectivity index (χ0n) is 9.62. The lowest BCUT2D eigenvalue weighted by Gasteiger charge is -2.13. The maximum atomic E-state index is 11.1. The van der Waals surface area contributed by atoms with Gasteiger partial charge in [0.25, 0.3) is 0 Å². The molecule has 0 heterocycles. The third kappa shape index (κ3) is 9.00. The number of carbonyl (C=O) groups excluding carboxylic acids is 2. The van der Waals surface area contributed by atoms with E-state index in [9.17, 15) is 9.59 Å². The minimum atomic E-state index is -0.611. The van der Waals surface area contributed by atoms with Crippen molar-refractivity contribution in [3.8, 4) is 0 Å². The molecular formula is C11H20N2O2. The highest BCUT2D eigenvalue weighted by atomic mass is 16.2. The van der Waals surface area contributed by atoms with E-state index in [1.54, 1.807) is 0 Å². The van der Waals surface area contributed by atoms with Gasteiger partial charge in [0.1, 0.15) is 0 Å². The number of primary amides is 1. The molecule has 0 rings (SSSR count). The van der Waals surface area contributed by atoms with Crippen LogP contribution in [0.4, 0.5) is 0 Å². The number of hydrogen-bond acceptors (Lipinski definition) is 2. The maximum Gasteiger partial charge on any atom is 0.244 e. The lowest BCUT2D eigenvalue weighted by atomic mass is 9.99. The molecule has 86 valence electrons. The van der Waals surface area contributed by atoms with Crippen molar-refractivity contribution < 1.29 is 9.59 Å². The predicted molar refractivity (Wildman–Crippen MR) is 60.0 cm³/mol. The number of hydrogen-bond donors (Lipinski definition) is 2. The summed E-state index contributed by atoms with van der Waals surface area (Å²) in [5, 5.41) is 2.71. The van der Waals surface area contributed by atoms with Crippen LogP contribution in [0.2, 0.25) is 0 Å². The summed E-state index contributed by atoms with van der Waals surface area (Å²) in [6.45, 7) is 6.99. The number of carbonyl (C=O) groups is 2. The quantitative estimate of drug-likeness (QED) is 0.640. The molecule has 0 bridgehead atoms. The largest absolute Gasteiger partial charge is 0.366 e. The second-order valence-corrected chi connectivity index (χ2v) is 4.22. The Kier molecular flexibility index (Phi) is 6.42. The first kappa shape index (κ1) is 13.7. The van der Waals surface area contributed by atoms with Gasteiger partial charge in [-0.05, 0) is 18.3 Å². The first-order valence-corrected chi connectivity index (χ1v) is 5.17. The van der Waals surface area contributed by atoms with Gasteiger partial charge < -0.3 is 11.1 Å². The van der Waals surface area contributed by atoms with Crippen molar-refractivity contribution in [2.45, 2.75) is 27.2 Å². The average Bonchev–Trinajstić information content (AvgIpc) is 2.10. The van der Waals surface area contributed by atoms with Gasteiger partial charge in [0.15, 0.2) is 0 Å². The van der Waals surface area contributed by atoms with Gasteiger partial charge in [-0.25, -0.2) is 0 Å². The molecule has 0 spiro atoms. The highest BCUT2D eigenvalue weighted by Gasteiger charge is 2.05. The standard InChI is InChI=1S/C11H20N2O2/c1-8(2)6-9(3)7-13-11(15)5-4-10(12)14/h4-5,8-9H,6-7H2,1-3H3,(H2,12,14)(H,13,15)/t9-/m0/s1. The van der Waals surface area contributed by atoms with Crippen LogP contribution < -0.4 is 11.1 Å². The first-order chi connectivity index (χ1) is 6.91. The van der Waals surface area contributed by atoms with Crippen LogP contribution in [-0.2, 0) is 9.59 Å². The summed E-state index contributed by atoms with van der Waals surface area (Å²) in [6.07, 6.45) is 3.28. The number of nitrogens with two attached hydrogens (primary N) is 1. The molecule has 0 radical (unpaired) electrons. The summed E-state index contributed by atoms with van der Waals surface area (Å²) in [4.78, 5) is 21.5. The highest BCUT2D eigenvalue weighted by Crippen LogP contribution is 2.09. The molecule has 4 heteroatoms. The van der Waals surface area contributed by atoms with Crippen molar-refractivity contribution >= 4 is 11.8 Å². The Labute approximate surface area is 90.9 Å². The van der Waals surface area contributed by atoms with E-state index in [4.69, 9.17) is 5.73 Å². The Morgan fingerprint density at radius 3 is 2.33 bits per heavy atom. The third-order valence-electron chi connectivity index (χ3n) is 1.90. The second kappa shape index (κ2) is 7.04. The molecule has 3 N–H and O–H groups in total. The fraction of sp³-hybridized carbons (Fsp3) is 0.636. The molecule has 0 aliphatic rings. The molecule has 15 heavy (non-hydrogen) atoms. The molecule has 0 aromatic carbocycles. The average molecular weight is 212 g/mol. The van der Waals surface area contributed by atoms with Crippen LogP contribution in [0.5, 0.6) is 0 Å². The van der Waals surface area contributed by atoms with E-state index < -0.39 is 5.91 Å². The summed E-state index contributed by atoms with van der Waals surface area (Å²) in [6, 6.07) is 0. The van der Waals surface area contributed by atoms with Crippen LogP contribution in [0.15, 0.2) is 12.2 Å². The van der Waals surface area contributed by atoms with Crippen molar-refractivity contribution in [2.75, 3.05) is 6.54 Å². The highest BCUT2D eigenvalue weighted by molar-refractivity contribution is 5.95. The SMILES string of the molecule is CC(C)C[C@H](C)CNC(=O)C=CC(N)=O. The Balaban J connectivity index is 3.75. The van der Waals surface area contributed by atoms with E-state index in [0.717, 1.165) is 18.6 Å². The molecule has 0 fully saturated rings. The zero-order chi connectivity index (χ0) is 11.8. The van der Waals surface area contributed by atoms with E-state index in [0.29, 0.717) is 18.4 Å². The molecule has 4 nitrogen and oxygen atoms in total. The fourth-order valence-electron chi connectivity index (χ4n) is 1.38. The van der Waals surface area contributed by atoms with Crippen molar-refractivity contribution in [2.24, 2.45) is 17.6 Å². The first-order valence-electron chi connectivity index (χ1n) is 5.17. The normalized spacial score (nSPS) is 13.1. The van der Waals surface area contributed by atoms with Crippen LogP contribution in [-0.4, -0.2) is 18.4 Å². The molecule has 2 amide bonds. The summed E-state index contributed by atoms with van der Waals surface area (Å²) in [5.41, 5.74) is 4.86. The van der Waals surface area contributed by atoms with Crippen LogP contribution in [0.1, 0.15) is 27.2 Å². The molecule has 0 aliphatic heterocycles. The van der Waals surface area contributed by atoms with Crippen molar-refractivity contribution in [3.05, 3.63) is 12.2 Å². The summed E-state index contributed by atoms with van der Waals surface area (Å²) in [7, 11) is 0. The molecule has 1 atom stereocenters. The molecular weight excluding hydrogens is 192 g/mol. The van der Waals surface area contributed by atoms with Gasteiger partial charge in [-0.15, -0.1) is 0 Å². The monoisotopic (exact) mass is 212 g/mol. The van der Waals surface area contributed by atoms with Crippen molar-refractivity contribution in [1.82, 2.24) is 5.32 Å². The van der Waals surface area contributed by atoms with Crippen LogP contribution in [0.3, 0.4) is 0 Å². The van der Waals surface area contributed by atoms with E-state index in [1.807, 2.05) is 0 Å². The molecule has 0 unspecified atom stereocenters. The van der Waals surface area contributed by atoms with Crippen molar-refractivity contribution in [1.29, 1.82) is 0 Å². The van der Waals surface area contributed by atoms with Gasteiger partial charge in [-0.3, -0.25) is 9.59 Å². The Bertz CT molecular complexity index is 247. The van der Waals surface area contributed by atoms with E-state index in [-0.39, 0.29) is 5.91 Å². The van der Waals surface area contributed by atoms with Crippen LogP contribution in [0, 0.1) is 11.8 Å². The molecule has 0 saturated heterocycles. The topological polar surface area (TPSA) is 72.2 Å². The molecule has 0 aliphatic carbocycles. The minimum Gasteiger partial charge on any atom is -0.366 e. The van der Waals surface area contributed by atoms with Gasteiger partial charge in [-0.2, -0.15) is 0 Å². The third-order valence-corrected chi connectivity index (χ3v) is 1.90. The summed E-state index contributed by atoms with van der Waals surface area (Å²) >= 11 is 0. The van der Waals surface area contributed by atoms with Crippen LogP contribution in [0.25, 0.3) is 0 Å². The number of amides is 2. The minimum absolute atomic E-state index is 0.274. The summed E-state index contributed by atoms with van der Waals surface area (Å²) < 4.78 is 0. The fourth-order valence-corrected chi connectivity index (χ4v) is 1.38. The van der Waals surface area contributed by atoms with Gasteiger partial charge in [-0.1, -0.05) is 20.8 Å². The van der Waals surface area contributed by atoms with Crippen molar-refractivity contribution in [3.63, 3.8) is 0 Å². The zero-order valence-corrected chi connectivity index (χ0v) is 9.62. The van der Waals surface area contributed by atoms with Gasteiger partial charge in [0.2, 0.25) is 11.8 Å². The lowest BCUT2D eigenvalue weighted by molar-refractivity contribution is -0.117. The summed E-state index contributed by atoms with van der Waals surface area (Å²) in [5.74, 6) is 0.179. The Morgan fingerprint density at radius 1 is 1.27 bits per heavy atom. The van der Waals surface area contributed by atoms with Crippen LogP contribution >= 0.6 is 0 Å². The number of nitrogens with one attached hydrogen (secondary N) is 1. The molecule has 0 saturated carbocycles. The predicted octanol–water partition coefficient (Wildman–Crippen LogP) is 0.826. The van der Waals surface area contributed by atoms with E-state index in [1.165, 1.54) is 0 Å². The Hall–Kier alpha value is -1.32. The Morgan fingerprint density at radius 2 is 1.87 bits per heavy atom. The van der Waals surface area contributed by atoms with Gasteiger partial charge in [0.05, 0.1) is 0 Å². The molecule has 0 aromatic rings. The maximum absolute atomic E-state index is 11.1. The van der Waals surface area contributed by atoms with Gasteiger partial charge >= 0.3 is 0 Å². The van der Waals surface area contributed by atoms with E-state index >= 15 is 0 Å². The smallest absolute Gasteiger partial charge is 0.244 e. The van der Waals surface area contributed by atoms with Gasteiger partial charge in [0, 0.05) is 18.7 Å².